The number of carbonyl (C=O) groups is 1. The minimum Gasteiger partial charge on any atom is -0.352 e. The SMILES string of the molecule is C[C@H]1CCC2CCC(=O)NC2[C@H]1P(P)PP. The first kappa shape index (κ1) is 13.6. The average Bonchev–Trinajstić information content (AvgIpc) is 2.28. The summed E-state index contributed by atoms with van der Waals surface area (Å²) in [5, 5.41) is 3.27. The largest absolute Gasteiger partial charge is 0.352 e. The van der Waals surface area contributed by atoms with Crippen molar-refractivity contribution in [2.45, 2.75) is 44.3 Å². The Bertz CT molecular complexity index is 272. The number of piperidine rings is 1. The molecule has 1 aliphatic carbocycles. The van der Waals surface area contributed by atoms with Gasteiger partial charge >= 0.3 is 0 Å². The topological polar surface area (TPSA) is 29.1 Å². The van der Waals surface area contributed by atoms with Crippen LogP contribution in [-0.4, -0.2) is 17.6 Å². The fourth-order valence-electron chi connectivity index (χ4n) is 3.10. The first-order chi connectivity index (χ1) is 7.63. The molecule has 8 atom stereocenters. The van der Waals surface area contributed by atoms with Crippen LogP contribution in [0.3, 0.4) is 0 Å². The van der Waals surface area contributed by atoms with Crippen molar-refractivity contribution >= 4 is 39.0 Å². The van der Waals surface area contributed by atoms with E-state index in [1.807, 2.05) is 0 Å². The van der Waals surface area contributed by atoms with Crippen LogP contribution in [0.5, 0.6) is 0 Å². The molecule has 2 fully saturated rings. The molecule has 1 N–H and O–H groups in total. The van der Waals surface area contributed by atoms with Gasteiger partial charge in [0, 0.05) is 18.1 Å². The smallest absolute Gasteiger partial charge is 0.220 e. The molecule has 2 aliphatic rings. The Balaban J connectivity index is 2.14. The predicted molar refractivity (Wildman–Crippen MR) is 81.5 cm³/mol. The van der Waals surface area contributed by atoms with Crippen molar-refractivity contribution in [3.05, 3.63) is 0 Å². The molecule has 0 aromatic heterocycles. The van der Waals surface area contributed by atoms with E-state index in [9.17, 15) is 4.79 Å². The average molecular weight is 295 g/mol. The van der Waals surface area contributed by atoms with Gasteiger partial charge in [-0.3, -0.25) is 4.79 Å². The van der Waals surface area contributed by atoms with Crippen molar-refractivity contribution in [2.75, 3.05) is 0 Å². The van der Waals surface area contributed by atoms with Crippen LogP contribution in [-0.2, 0) is 4.79 Å². The van der Waals surface area contributed by atoms with E-state index >= 15 is 0 Å². The lowest BCUT2D eigenvalue weighted by Gasteiger charge is -2.47. The number of nitrogens with one attached hydrogen (secondary N) is 1. The first-order valence-corrected chi connectivity index (χ1v) is 12.6. The summed E-state index contributed by atoms with van der Waals surface area (Å²) >= 11 is 0. The summed E-state index contributed by atoms with van der Waals surface area (Å²) in [5.41, 5.74) is 0.721. The van der Waals surface area contributed by atoms with Gasteiger partial charge in [0.15, 0.2) is 0 Å². The van der Waals surface area contributed by atoms with E-state index in [4.69, 9.17) is 0 Å². The number of amides is 1. The highest BCUT2D eigenvalue weighted by Crippen LogP contribution is 2.72. The molecule has 16 heavy (non-hydrogen) atoms. The van der Waals surface area contributed by atoms with Crippen molar-refractivity contribution in [2.24, 2.45) is 11.8 Å². The summed E-state index contributed by atoms with van der Waals surface area (Å²) in [5.74, 6) is 1.81. The molecule has 6 unspecified atom stereocenters. The normalized spacial score (nSPS) is 41.8. The first-order valence-electron chi connectivity index (χ1n) is 5.93. The number of rotatable bonds is 2. The molecule has 6 heteroatoms. The molecule has 1 amide bonds. The third-order valence-electron chi connectivity index (χ3n) is 3.99. The maximum absolute atomic E-state index is 11.6. The van der Waals surface area contributed by atoms with Gasteiger partial charge < -0.3 is 5.32 Å². The van der Waals surface area contributed by atoms with Crippen molar-refractivity contribution in [1.29, 1.82) is 0 Å². The van der Waals surface area contributed by atoms with Gasteiger partial charge in [-0.15, -0.1) is 17.9 Å². The lowest BCUT2D eigenvalue weighted by atomic mass is 9.75. The Labute approximate surface area is 105 Å². The minimum atomic E-state index is -0.00582. The van der Waals surface area contributed by atoms with Gasteiger partial charge in [-0.25, -0.2) is 0 Å². The van der Waals surface area contributed by atoms with Gasteiger partial charge in [-0.2, -0.15) is 0 Å². The van der Waals surface area contributed by atoms with E-state index in [1.54, 1.807) is 0 Å². The molecule has 92 valence electrons. The summed E-state index contributed by atoms with van der Waals surface area (Å²) in [6, 6.07) is 0.474. The van der Waals surface area contributed by atoms with Crippen LogP contribution in [0.1, 0.15) is 32.6 Å². The van der Waals surface area contributed by atoms with Crippen molar-refractivity contribution in [3.8, 4) is 0 Å². The van der Waals surface area contributed by atoms with Gasteiger partial charge in [0.2, 0.25) is 5.91 Å². The van der Waals surface area contributed by atoms with E-state index in [0.29, 0.717) is 6.04 Å². The number of hydrogen-bond donors (Lipinski definition) is 1. The second-order valence-corrected chi connectivity index (χ2v) is 14.5. The van der Waals surface area contributed by atoms with Crippen molar-refractivity contribution < 1.29 is 4.79 Å². The summed E-state index contributed by atoms with van der Waals surface area (Å²) in [4.78, 5) is 11.6. The van der Waals surface area contributed by atoms with Gasteiger partial charge in [0.25, 0.3) is 0 Å². The molecule has 0 radical (unpaired) electrons. The number of fused-ring (bicyclic) bond motifs is 1. The zero-order valence-electron chi connectivity index (χ0n) is 9.65. The van der Waals surface area contributed by atoms with Gasteiger partial charge in [-0.05, 0) is 31.1 Å². The molecular formula is C10H21NOP4. The van der Waals surface area contributed by atoms with Crippen molar-refractivity contribution in [3.63, 3.8) is 0 Å². The minimum absolute atomic E-state index is 0.00582. The van der Waals surface area contributed by atoms with Crippen LogP contribution in [0.25, 0.3) is 0 Å². The molecule has 2 nitrogen and oxygen atoms in total. The van der Waals surface area contributed by atoms with Crippen LogP contribution >= 0.6 is 33.1 Å². The fraction of sp³-hybridized carbons (Fsp3) is 0.900. The zero-order chi connectivity index (χ0) is 11.7. The molecular weight excluding hydrogens is 274 g/mol. The molecule has 1 heterocycles. The maximum Gasteiger partial charge on any atom is 0.220 e. The second kappa shape index (κ2) is 5.89. The lowest BCUT2D eigenvalue weighted by Crippen LogP contribution is -2.54. The predicted octanol–water partition coefficient (Wildman–Crippen LogP) is 3.34. The maximum atomic E-state index is 11.6. The van der Waals surface area contributed by atoms with E-state index in [2.05, 4.69) is 30.1 Å². The Hall–Kier alpha value is 1.19. The van der Waals surface area contributed by atoms with Gasteiger partial charge in [-0.1, -0.05) is 22.2 Å². The highest BCUT2D eigenvalue weighted by Gasteiger charge is 2.42. The standard InChI is InChI=1S/C10H21NOP4/c1-6-2-3-7-4-5-8(12)11-9(7)10(6)16(14)15-13/h6-7,9-10,15H,2-5,13-14H2,1H3,(H,11,12)/t6-,7?,9?,10-,16?/m0/s1. The molecule has 0 spiro atoms. The monoisotopic (exact) mass is 295 g/mol. The van der Waals surface area contributed by atoms with Crippen LogP contribution in [0, 0.1) is 11.8 Å². The van der Waals surface area contributed by atoms with Crippen LogP contribution in [0.15, 0.2) is 0 Å². The molecule has 1 saturated carbocycles. The van der Waals surface area contributed by atoms with Gasteiger partial charge in [0.1, 0.15) is 0 Å². The fourth-order valence-corrected chi connectivity index (χ4v) is 9.38. The summed E-state index contributed by atoms with van der Waals surface area (Å²) in [6.07, 6.45) is 4.54. The zero-order valence-corrected chi connectivity index (χ0v) is 13.9. The van der Waals surface area contributed by atoms with E-state index in [-0.39, 0.29) is 13.2 Å². The van der Waals surface area contributed by atoms with Gasteiger partial charge in [0.05, 0.1) is 0 Å². The van der Waals surface area contributed by atoms with E-state index in [1.165, 1.54) is 12.8 Å². The lowest BCUT2D eigenvalue weighted by molar-refractivity contribution is -0.125. The van der Waals surface area contributed by atoms with E-state index < -0.39 is 0 Å². The quantitative estimate of drug-likeness (QED) is 0.778. The summed E-state index contributed by atoms with van der Waals surface area (Å²) < 4.78 is 0. The van der Waals surface area contributed by atoms with Crippen molar-refractivity contribution in [1.82, 2.24) is 5.32 Å². The van der Waals surface area contributed by atoms with Crippen LogP contribution in [0.4, 0.5) is 0 Å². The third kappa shape index (κ3) is 2.78. The summed E-state index contributed by atoms with van der Waals surface area (Å²) in [7, 11) is 6.88. The third-order valence-corrected chi connectivity index (χ3v) is 15.3. The summed E-state index contributed by atoms with van der Waals surface area (Å²) in [6.45, 7) is 2.37. The molecule has 1 aliphatic heterocycles. The number of hydrogen-bond acceptors (Lipinski definition) is 1. The van der Waals surface area contributed by atoms with Crippen LogP contribution < -0.4 is 5.32 Å². The Morgan fingerprint density at radius 3 is 2.88 bits per heavy atom. The van der Waals surface area contributed by atoms with Crippen LogP contribution in [0.2, 0.25) is 0 Å². The molecule has 0 aromatic carbocycles. The molecule has 0 aromatic rings. The number of carbonyl (C=O) groups excluding carboxylic acids is 1. The molecule has 2 rings (SSSR count). The highest BCUT2D eigenvalue weighted by molar-refractivity contribution is 8.61. The Kier molecular flexibility index (Phi) is 5.01. The Morgan fingerprint density at radius 2 is 2.19 bits per heavy atom. The molecule has 1 saturated heterocycles. The molecule has 0 bridgehead atoms. The highest BCUT2D eigenvalue weighted by atomic mass is 32.6. The Morgan fingerprint density at radius 1 is 1.44 bits per heavy atom. The van der Waals surface area contributed by atoms with E-state index in [0.717, 1.165) is 38.3 Å². The second-order valence-electron chi connectivity index (χ2n) is 4.97.